The maximum atomic E-state index is 12.7. The van der Waals surface area contributed by atoms with Crippen molar-refractivity contribution in [3.63, 3.8) is 0 Å². The van der Waals surface area contributed by atoms with Crippen molar-refractivity contribution >= 4 is 22.6 Å². The summed E-state index contributed by atoms with van der Waals surface area (Å²) in [6.45, 7) is 0. The second-order valence-corrected chi connectivity index (χ2v) is 3.73. The number of hydrogen-bond donors (Lipinski definition) is 0. The first-order valence-corrected chi connectivity index (χ1v) is 5.10. The van der Waals surface area contributed by atoms with Gasteiger partial charge < -0.3 is 9.47 Å². The third-order valence-corrected chi connectivity index (χ3v) is 2.42. The van der Waals surface area contributed by atoms with E-state index in [9.17, 15) is 22.0 Å². The van der Waals surface area contributed by atoms with Gasteiger partial charge in [-0.2, -0.15) is 0 Å². The van der Waals surface area contributed by atoms with Gasteiger partial charge in [-0.15, -0.1) is 13.2 Å². The Morgan fingerprint density at radius 3 is 2.35 bits per heavy atom. The van der Waals surface area contributed by atoms with Crippen molar-refractivity contribution in [1.82, 2.24) is 4.98 Å². The minimum Gasteiger partial charge on any atom is -0.494 e. The van der Waals surface area contributed by atoms with E-state index in [4.69, 9.17) is 0 Å². The van der Waals surface area contributed by atoms with Gasteiger partial charge in [0.2, 0.25) is 0 Å². The molecule has 0 aliphatic carbocycles. The maximum absolute atomic E-state index is 12.7. The van der Waals surface area contributed by atoms with Gasteiger partial charge in [0.05, 0.1) is 13.3 Å². The molecular weight excluding hydrogens is 364 g/mol. The van der Waals surface area contributed by atoms with Gasteiger partial charge in [0.25, 0.3) is 6.43 Å². The molecule has 0 unspecified atom stereocenters. The molecule has 96 valence electrons. The summed E-state index contributed by atoms with van der Waals surface area (Å²) in [5.74, 6) is -1.49. The van der Waals surface area contributed by atoms with Crippen LogP contribution in [-0.2, 0) is 0 Å². The zero-order valence-corrected chi connectivity index (χ0v) is 10.3. The predicted octanol–water partition coefficient (Wildman–Crippen LogP) is 3.53. The minimum atomic E-state index is -5.07. The summed E-state index contributed by atoms with van der Waals surface area (Å²) in [7, 11) is 1.05. The van der Waals surface area contributed by atoms with Crippen molar-refractivity contribution in [3.05, 3.63) is 15.5 Å². The molecule has 0 bridgehead atoms. The molecule has 1 aromatic heterocycles. The molecule has 0 aromatic carbocycles. The van der Waals surface area contributed by atoms with Crippen molar-refractivity contribution in [1.29, 1.82) is 0 Å². The highest BCUT2D eigenvalue weighted by Crippen LogP contribution is 2.40. The fraction of sp³-hybridized carbons (Fsp3) is 0.375. The van der Waals surface area contributed by atoms with Crippen LogP contribution >= 0.6 is 22.6 Å². The van der Waals surface area contributed by atoms with Crippen LogP contribution in [0.3, 0.4) is 0 Å². The number of hydrogen-bond acceptors (Lipinski definition) is 3. The van der Waals surface area contributed by atoms with Gasteiger partial charge in [-0.25, -0.2) is 13.8 Å². The average Bonchev–Trinajstić information content (AvgIpc) is 2.18. The van der Waals surface area contributed by atoms with Crippen LogP contribution in [0.4, 0.5) is 22.0 Å². The highest BCUT2D eigenvalue weighted by atomic mass is 127. The van der Waals surface area contributed by atoms with E-state index in [2.05, 4.69) is 14.5 Å². The Morgan fingerprint density at radius 2 is 1.94 bits per heavy atom. The highest BCUT2D eigenvalue weighted by molar-refractivity contribution is 14.1. The predicted molar refractivity (Wildman–Crippen MR) is 55.1 cm³/mol. The third kappa shape index (κ3) is 3.54. The molecule has 17 heavy (non-hydrogen) atoms. The van der Waals surface area contributed by atoms with E-state index in [-0.39, 0.29) is 3.70 Å². The third-order valence-electron chi connectivity index (χ3n) is 1.65. The number of methoxy groups -OCH3 is 1. The summed E-state index contributed by atoms with van der Waals surface area (Å²) in [5, 5.41) is 0. The van der Waals surface area contributed by atoms with Crippen molar-refractivity contribution in [2.45, 2.75) is 12.8 Å². The summed E-state index contributed by atoms with van der Waals surface area (Å²) in [4.78, 5) is 3.48. The monoisotopic (exact) mass is 369 g/mol. The van der Waals surface area contributed by atoms with E-state index < -0.39 is 29.9 Å². The van der Waals surface area contributed by atoms with Crippen molar-refractivity contribution in [3.8, 4) is 11.5 Å². The molecule has 0 amide bonds. The van der Waals surface area contributed by atoms with E-state index in [0.717, 1.165) is 13.3 Å². The topological polar surface area (TPSA) is 31.4 Å². The van der Waals surface area contributed by atoms with Gasteiger partial charge in [0, 0.05) is 0 Å². The van der Waals surface area contributed by atoms with Crippen LogP contribution in [0.5, 0.6) is 11.5 Å². The fourth-order valence-corrected chi connectivity index (χ4v) is 1.59. The number of pyridine rings is 1. The summed E-state index contributed by atoms with van der Waals surface area (Å²) in [6.07, 6.45) is -7.33. The van der Waals surface area contributed by atoms with Crippen LogP contribution in [0, 0.1) is 3.70 Å². The Morgan fingerprint density at radius 1 is 1.35 bits per heavy atom. The number of halogens is 6. The van der Waals surface area contributed by atoms with Gasteiger partial charge in [-0.3, -0.25) is 0 Å². The number of rotatable bonds is 3. The molecule has 0 spiro atoms. The van der Waals surface area contributed by atoms with Crippen LogP contribution < -0.4 is 9.47 Å². The van der Waals surface area contributed by atoms with Gasteiger partial charge in [0.1, 0.15) is 15.0 Å². The second-order valence-electron chi connectivity index (χ2n) is 2.71. The lowest BCUT2D eigenvalue weighted by Gasteiger charge is -2.16. The van der Waals surface area contributed by atoms with Crippen LogP contribution in [0.25, 0.3) is 0 Å². The SMILES string of the molecule is COc1cnc(I)c(OC(F)(F)F)c1C(F)F. The lowest BCUT2D eigenvalue weighted by molar-refractivity contribution is -0.275. The number of ether oxygens (including phenoxy) is 2. The Labute approximate surface area is 106 Å². The molecule has 0 atom stereocenters. The maximum Gasteiger partial charge on any atom is 0.573 e. The molecule has 0 aliphatic heterocycles. The lowest BCUT2D eigenvalue weighted by atomic mass is 10.2. The normalized spacial score (nSPS) is 11.8. The smallest absolute Gasteiger partial charge is 0.494 e. The number of aromatic nitrogens is 1. The summed E-state index contributed by atoms with van der Waals surface area (Å²) in [5.41, 5.74) is -0.968. The summed E-state index contributed by atoms with van der Waals surface area (Å²) in [6, 6.07) is 0. The van der Waals surface area contributed by atoms with Crippen molar-refractivity contribution in [2.75, 3.05) is 7.11 Å². The van der Waals surface area contributed by atoms with Crippen LogP contribution in [0.2, 0.25) is 0 Å². The molecule has 3 nitrogen and oxygen atoms in total. The number of alkyl halides is 5. The van der Waals surface area contributed by atoms with E-state index in [1.165, 1.54) is 22.6 Å². The van der Waals surface area contributed by atoms with E-state index in [0.29, 0.717) is 0 Å². The molecule has 1 rings (SSSR count). The second kappa shape index (κ2) is 5.19. The number of nitrogens with zero attached hydrogens (tertiary/aromatic N) is 1. The molecule has 0 saturated heterocycles. The minimum absolute atomic E-state index is 0.323. The standard InChI is InChI=1S/C8H5F5INO2/c1-16-3-2-15-7(14)5(4(3)6(9)10)17-8(11,12)13/h2,6H,1H3. The molecule has 0 fully saturated rings. The van der Waals surface area contributed by atoms with Gasteiger partial charge in [-0.05, 0) is 22.6 Å². The molecule has 0 radical (unpaired) electrons. The summed E-state index contributed by atoms with van der Waals surface area (Å²) < 4.78 is 69.3. The Bertz CT molecular complexity index is 410. The first-order valence-electron chi connectivity index (χ1n) is 4.02. The Balaban J connectivity index is 3.34. The van der Waals surface area contributed by atoms with E-state index >= 15 is 0 Å². The first kappa shape index (κ1) is 14.2. The largest absolute Gasteiger partial charge is 0.573 e. The molecule has 0 saturated carbocycles. The molecule has 1 heterocycles. The van der Waals surface area contributed by atoms with Crippen molar-refractivity contribution in [2.24, 2.45) is 0 Å². The summed E-state index contributed by atoms with van der Waals surface area (Å²) >= 11 is 1.37. The molecule has 0 aliphatic rings. The fourth-order valence-electron chi connectivity index (χ4n) is 1.05. The van der Waals surface area contributed by atoms with Crippen LogP contribution in [0.1, 0.15) is 12.0 Å². The van der Waals surface area contributed by atoms with Gasteiger partial charge in [0.15, 0.2) is 5.75 Å². The lowest BCUT2D eigenvalue weighted by Crippen LogP contribution is -2.19. The molecular formula is C8H5F5INO2. The first-order chi connectivity index (χ1) is 7.76. The Hall–Kier alpha value is -0.870. The van der Waals surface area contributed by atoms with Crippen LogP contribution in [-0.4, -0.2) is 18.5 Å². The molecule has 1 aromatic rings. The van der Waals surface area contributed by atoms with Gasteiger partial charge >= 0.3 is 6.36 Å². The molecule has 0 N–H and O–H groups in total. The quantitative estimate of drug-likeness (QED) is 0.464. The van der Waals surface area contributed by atoms with E-state index in [1.54, 1.807) is 0 Å². The zero-order chi connectivity index (χ0) is 13.2. The Kier molecular flexibility index (Phi) is 4.33. The average molecular weight is 369 g/mol. The molecule has 9 heteroatoms. The van der Waals surface area contributed by atoms with Crippen LogP contribution in [0.15, 0.2) is 6.20 Å². The highest BCUT2D eigenvalue weighted by Gasteiger charge is 2.36. The van der Waals surface area contributed by atoms with Gasteiger partial charge in [-0.1, -0.05) is 0 Å². The zero-order valence-electron chi connectivity index (χ0n) is 8.19. The van der Waals surface area contributed by atoms with E-state index in [1.807, 2.05) is 0 Å². The van der Waals surface area contributed by atoms with Crippen molar-refractivity contribution < 1.29 is 31.4 Å².